The largest absolute Gasteiger partial charge is 0.491 e. The molecule has 0 aromatic heterocycles. The first-order valence-corrected chi connectivity index (χ1v) is 5.37. The van der Waals surface area contributed by atoms with E-state index in [0.717, 1.165) is 0 Å². The van der Waals surface area contributed by atoms with E-state index in [4.69, 9.17) is 17.1 Å². The van der Waals surface area contributed by atoms with E-state index in [1.807, 2.05) is 0 Å². The highest BCUT2D eigenvalue weighted by Crippen LogP contribution is 2.50. The minimum atomic E-state index is -3.43. The van der Waals surface area contributed by atoms with Crippen LogP contribution in [-0.2, 0) is 17.7 Å². The van der Waals surface area contributed by atoms with Crippen LogP contribution >= 0.6 is 19.7 Å². The van der Waals surface area contributed by atoms with Crippen LogP contribution in [-0.4, -0.2) is 13.2 Å². The first kappa shape index (κ1) is 15.4. The summed E-state index contributed by atoms with van der Waals surface area (Å²) >= 11 is 4.85. The molecule has 0 bridgehead atoms. The number of nitrogens with zero attached hydrogens (tertiary/aromatic N) is 1. The van der Waals surface area contributed by atoms with Gasteiger partial charge in [0.25, 0.3) is 0 Å². The Kier molecular flexibility index (Phi) is 11.8. The average Bonchev–Trinajstić information content (AvgIpc) is 2.07. The molecule has 13 heavy (non-hydrogen) atoms. The van der Waals surface area contributed by atoms with Gasteiger partial charge in [0.15, 0.2) is 0 Å². The number of hydrogen-bond acceptors (Lipinski definition) is 5. The van der Waals surface area contributed by atoms with E-state index in [2.05, 4.69) is 13.1 Å². The Morgan fingerprint density at radius 1 is 1.38 bits per heavy atom. The molecule has 7 heteroatoms. The lowest BCUT2D eigenvalue weighted by atomic mass is 10.9. The van der Waals surface area contributed by atoms with Crippen molar-refractivity contribution in [2.45, 2.75) is 20.8 Å². The quantitative estimate of drug-likeness (QED) is 0.678. The predicted molar refractivity (Wildman–Crippen MR) is 49.1 cm³/mol. The Morgan fingerprint density at radius 2 is 1.69 bits per heavy atom. The fraction of sp³-hybridized carbons (Fsp3) is 0.833. The van der Waals surface area contributed by atoms with Crippen LogP contribution in [0.25, 0.3) is 0 Å². The van der Waals surface area contributed by atoms with Crippen molar-refractivity contribution < 1.29 is 17.7 Å². The lowest BCUT2D eigenvalue weighted by molar-refractivity contribution is 0.171. The van der Waals surface area contributed by atoms with E-state index in [1.165, 1.54) is 6.92 Å². The Labute approximate surface area is 83.3 Å². The first-order valence-electron chi connectivity index (χ1n) is 3.60. The lowest BCUT2D eigenvalue weighted by Crippen LogP contribution is -1.94. The summed E-state index contributed by atoms with van der Waals surface area (Å²) in [6, 6.07) is 1.75. The maximum Gasteiger partial charge on any atom is 0.491 e. The number of phosphoric acid groups is 1. The highest BCUT2D eigenvalue weighted by atomic mass is 35.5. The third kappa shape index (κ3) is 9.81. The molecule has 0 aliphatic heterocycles. The summed E-state index contributed by atoms with van der Waals surface area (Å²) in [4.78, 5) is 0. The fourth-order valence-corrected chi connectivity index (χ4v) is 1.42. The van der Waals surface area contributed by atoms with Crippen LogP contribution in [0.15, 0.2) is 0 Å². The summed E-state index contributed by atoms with van der Waals surface area (Å²) in [6.45, 7) is 5.25. The van der Waals surface area contributed by atoms with Crippen molar-refractivity contribution in [1.29, 1.82) is 5.26 Å². The molecule has 0 aromatic carbocycles. The number of rotatable bonds is 5. The highest BCUT2D eigenvalue weighted by molar-refractivity contribution is 7.49. The number of phosphoric ester groups is 1. The van der Waals surface area contributed by atoms with Gasteiger partial charge in [-0.1, -0.05) is 0 Å². The van der Waals surface area contributed by atoms with Gasteiger partial charge in [0.05, 0.1) is 31.1 Å². The van der Waals surface area contributed by atoms with Crippen LogP contribution in [0.1, 0.15) is 20.8 Å². The van der Waals surface area contributed by atoms with Crippen LogP contribution in [0.3, 0.4) is 0 Å². The van der Waals surface area contributed by atoms with Crippen molar-refractivity contribution in [3.05, 3.63) is 0 Å². The smallest absolute Gasteiger partial charge is 0.286 e. The van der Waals surface area contributed by atoms with Crippen LogP contribution in [0.5, 0.6) is 0 Å². The molecule has 0 aliphatic carbocycles. The molecule has 0 amide bonds. The maximum atomic E-state index is 11.0. The SMILES string of the molecule is CC#N.CCOP(=O)(OCl)OCC. The van der Waals surface area contributed by atoms with E-state index in [-0.39, 0.29) is 13.2 Å². The standard InChI is InChI=1S/C4H10ClO4P.C2H3N/c1-3-7-10(6,9-5)8-4-2;1-2-3/h3-4H2,1-2H3;1H3. The topological polar surface area (TPSA) is 68.5 Å². The van der Waals surface area contributed by atoms with E-state index in [9.17, 15) is 4.57 Å². The van der Waals surface area contributed by atoms with E-state index < -0.39 is 7.82 Å². The number of hydrogen-bond donors (Lipinski definition) is 0. The molecule has 5 nitrogen and oxygen atoms in total. The van der Waals surface area contributed by atoms with Gasteiger partial charge in [0, 0.05) is 6.92 Å². The van der Waals surface area contributed by atoms with Gasteiger partial charge in [-0.15, -0.1) is 0 Å². The molecule has 0 spiro atoms. The van der Waals surface area contributed by atoms with Crippen LogP contribution < -0.4 is 0 Å². The molecule has 0 radical (unpaired) electrons. The summed E-state index contributed by atoms with van der Waals surface area (Å²) in [7, 11) is -3.43. The highest BCUT2D eigenvalue weighted by Gasteiger charge is 2.24. The molecular formula is C6H13ClNO4P. The molecule has 0 unspecified atom stereocenters. The molecule has 0 aliphatic rings. The molecule has 78 valence electrons. The van der Waals surface area contributed by atoms with E-state index in [1.54, 1.807) is 19.9 Å². The van der Waals surface area contributed by atoms with Crippen molar-refractivity contribution >= 4 is 19.7 Å². The Morgan fingerprint density at radius 3 is 1.85 bits per heavy atom. The maximum absolute atomic E-state index is 11.0. The van der Waals surface area contributed by atoms with Gasteiger partial charge in [-0.3, -0.25) is 9.05 Å². The van der Waals surface area contributed by atoms with E-state index in [0.29, 0.717) is 0 Å². The van der Waals surface area contributed by atoms with Gasteiger partial charge >= 0.3 is 7.82 Å². The van der Waals surface area contributed by atoms with Gasteiger partial charge in [-0.2, -0.15) is 9.34 Å². The van der Waals surface area contributed by atoms with Crippen molar-refractivity contribution in [1.82, 2.24) is 0 Å². The average molecular weight is 230 g/mol. The van der Waals surface area contributed by atoms with Crippen molar-refractivity contribution in [3.8, 4) is 6.07 Å². The zero-order chi connectivity index (χ0) is 10.7. The summed E-state index contributed by atoms with van der Waals surface area (Å²) in [5.41, 5.74) is 0. The van der Waals surface area contributed by atoms with Gasteiger partial charge in [0.1, 0.15) is 0 Å². The summed E-state index contributed by atoms with van der Waals surface area (Å²) < 4.78 is 24.2. The van der Waals surface area contributed by atoms with Crippen LogP contribution in [0, 0.1) is 11.3 Å². The van der Waals surface area contributed by atoms with E-state index >= 15 is 0 Å². The van der Waals surface area contributed by atoms with Gasteiger partial charge in [0.2, 0.25) is 0 Å². The molecule has 0 fully saturated rings. The number of nitriles is 1. The Bertz CT molecular complexity index is 184. The van der Waals surface area contributed by atoms with Gasteiger partial charge in [-0.25, -0.2) is 4.57 Å². The zero-order valence-electron chi connectivity index (χ0n) is 7.82. The molecular weight excluding hydrogens is 216 g/mol. The van der Waals surface area contributed by atoms with Crippen molar-refractivity contribution in [2.75, 3.05) is 13.2 Å². The molecule has 0 rings (SSSR count). The third-order valence-electron chi connectivity index (χ3n) is 0.659. The minimum absolute atomic E-state index is 0.240. The van der Waals surface area contributed by atoms with Gasteiger partial charge < -0.3 is 0 Å². The lowest BCUT2D eigenvalue weighted by Gasteiger charge is -2.10. The van der Waals surface area contributed by atoms with Crippen LogP contribution in [0.2, 0.25) is 0 Å². The van der Waals surface area contributed by atoms with Crippen molar-refractivity contribution in [2.24, 2.45) is 0 Å². The Hall–Kier alpha value is -0.110. The molecule has 0 atom stereocenters. The monoisotopic (exact) mass is 229 g/mol. The second-order valence-electron chi connectivity index (χ2n) is 1.58. The molecule has 0 saturated carbocycles. The second kappa shape index (κ2) is 9.97. The second-order valence-corrected chi connectivity index (χ2v) is 3.54. The first-order chi connectivity index (χ1) is 6.10. The molecule has 0 saturated heterocycles. The minimum Gasteiger partial charge on any atom is -0.286 e. The summed E-state index contributed by atoms with van der Waals surface area (Å²) in [6.07, 6.45) is 0. The third-order valence-corrected chi connectivity index (χ3v) is 2.48. The normalized spacial score (nSPS) is 9.77. The Balaban J connectivity index is 0. The summed E-state index contributed by atoms with van der Waals surface area (Å²) in [5.74, 6) is 0. The van der Waals surface area contributed by atoms with Gasteiger partial charge in [-0.05, 0) is 13.8 Å². The number of halogens is 1. The zero-order valence-corrected chi connectivity index (χ0v) is 9.47. The van der Waals surface area contributed by atoms with Crippen LogP contribution in [0.4, 0.5) is 0 Å². The summed E-state index contributed by atoms with van der Waals surface area (Å²) in [5, 5.41) is 7.32. The fourth-order valence-electron chi connectivity index (χ4n) is 0.393. The predicted octanol–water partition coefficient (Wildman–Crippen LogP) is 2.87. The van der Waals surface area contributed by atoms with Crippen molar-refractivity contribution in [3.63, 3.8) is 0 Å². The molecule has 0 heterocycles. The molecule has 0 N–H and O–H groups in total. The molecule has 0 aromatic rings.